The Morgan fingerprint density at radius 1 is 0.885 bits per heavy atom. The molecular weight excluding hydrogens is 366 g/mol. The number of aromatic nitrogens is 2. The maximum absolute atomic E-state index is 12.5. The number of anilines is 1. The van der Waals surface area contributed by atoms with Crippen LogP contribution in [0.1, 0.15) is 0 Å². The van der Waals surface area contributed by atoms with Gasteiger partial charge in [0.05, 0.1) is 20.3 Å². The molecule has 0 atom stereocenters. The molecule has 3 rings (SSSR count). The molecule has 3 aromatic rings. The summed E-state index contributed by atoms with van der Waals surface area (Å²) in [5.41, 5.74) is -0.947. The minimum atomic E-state index is -4.21. The van der Waals surface area contributed by atoms with Gasteiger partial charge in [0.15, 0.2) is 5.52 Å². The van der Waals surface area contributed by atoms with Crippen molar-refractivity contribution in [2.45, 2.75) is 4.90 Å². The number of benzene rings is 2. The SMILES string of the molecule is O=[N+]([O-])c1ccc(S(=O)(=O)Nc2ccc3nccnc3c2[N+](=O)[O-])cc1. The first kappa shape index (κ1) is 17.2. The van der Waals surface area contributed by atoms with E-state index in [1.807, 2.05) is 0 Å². The number of nitro groups is 2. The van der Waals surface area contributed by atoms with E-state index in [2.05, 4.69) is 14.7 Å². The van der Waals surface area contributed by atoms with E-state index in [1.165, 1.54) is 24.5 Å². The maximum Gasteiger partial charge on any atom is 0.320 e. The Bertz CT molecular complexity index is 1130. The second kappa shape index (κ2) is 6.33. The number of non-ortho nitro benzene ring substituents is 1. The van der Waals surface area contributed by atoms with Crippen molar-refractivity contribution in [3.05, 3.63) is 69.0 Å². The second-order valence-corrected chi connectivity index (χ2v) is 6.68. The van der Waals surface area contributed by atoms with E-state index < -0.39 is 25.6 Å². The van der Waals surface area contributed by atoms with Gasteiger partial charge in [0, 0.05) is 24.5 Å². The molecule has 0 amide bonds. The number of fused-ring (bicyclic) bond motifs is 1. The zero-order chi connectivity index (χ0) is 18.9. The number of hydrogen-bond acceptors (Lipinski definition) is 8. The molecule has 0 spiro atoms. The summed E-state index contributed by atoms with van der Waals surface area (Å²) in [6.07, 6.45) is 2.61. The average Bonchev–Trinajstić information content (AvgIpc) is 2.61. The smallest absolute Gasteiger partial charge is 0.273 e. The lowest BCUT2D eigenvalue weighted by Crippen LogP contribution is -2.14. The maximum atomic E-state index is 12.5. The van der Waals surface area contributed by atoms with Gasteiger partial charge in [0.2, 0.25) is 0 Å². The van der Waals surface area contributed by atoms with Gasteiger partial charge < -0.3 is 0 Å². The number of rotatable bonds is 5. The fraction of sp³-hybridized carbons (Fsp3) is 0. The van der Waals surface area contributed by atoms with Crippen molar-refractivity contribution >= 4 is 38.1 Å². The highest BCUT2D eigenvalue weighted by Gasteiger charge is 2.25. The molecule has 132 valence electrons. The summed E-state index contributed by atoms with van der Waals surface area (Å²) in [5.74, 6) is 0. The largest absolute Gasteiger partial charge is 0.320 e. The van der Waals surface area contributed by atoms with Gasteiger partial charge in [0.1, 0.15) is 5.69 Å². The van der Waals surface area contributed by atoms with Crippen molar-refractivity contribution in [1.29, 1.82) is 0 Å². The van der Waals surface area contributed by atoms with Gasteiger partial charge in [-0.3, -0.25) is 29.9 Å². The molecule has 0 fully saturated rings. The third kappa shape index (κ3) is 3.12. The van der Waals surface area contributed by atoms with E-state index in [0.717, 1.165) is 24.3 Å². The van der Waals surface area contributed by atoms with E-state index in [4.69, 9.17) is 0 Å². The Morgan fingerprint density at radius 3 is 2.15 bits per heavy atom. The summed E-state index contributed by atoms with van der Waals surface area (Å²) in [6, 6.07) is 6.71. The fourth-order valence-electron chi connectivity index (χ4n) is 2.24. The molecule has 0 aliphatic carbocycles. The lowest BCUT2D eigenvalue weighted by Gasteiger charge is -2.09. The number of nitrogens with zero attached hydrogens (tertiary/aromatic N) is 4. The lowest BCUT2D eigenvalue weighted by molar-refractivity contribution is -0.384. The molecule has 0 aliphatic heterocycles. The lowest BCUT2D eigenvalue weighted by atomic mass is 10.2. The molecule has 1 heterocycles. The number of hydrogen-bond donors (Lipinski definition) is 1. The van der Waals surface area contributed by atoms with Crippen LogP contribution in [0.5, 0.6) is 0 Å². The van der Waals surface area contributed by atoms with Crippen LogP contribution >= 0.6 is 0 Å². The minimum Gasteiger partial charge on any atom is -0.273 e. The summed E-state index contributed by atoms with van der Waals surface area (Å²) in [4.78, 5) is 28.2. The van der Waals surface area contributed by atoms with Gasteiger partial charge in [-0.05, 0) is 24.3 Å². The van der Waals surface area contributed by atoms with Gasteiger partial charge in [-0.25, -0.2) is 13.4 Å². The first-order chi connectivity index (χ1) is 12.3. The number of nitro benzene ring substituents is 2. The van der Waals surface area contributed by atoms with E-state index in [0.29, 0.717) is 0 Å². The Kier molecular flexibility index (Phi) is 4.18. The van der Waals surface area contributed by atoms with Crippen LogP contribution in [-0.2, 0) is 10.0 Å². The molecule has 2 aromatic carbocycles. The van der Waals surface area contributed by atoms with Crippen LogP contribution in [0.3, 0.4) is 0 Å². The van der Waals surface area contributed by atoms with Crippen LogP contribution in [-0.4, -0.2) is 28.2 Å². The van der Waals surface area contributed by atoms with E-state index in [-0.39, 0.29) is 27.3 Å². The zero-order valence-electron chi connectivity index (χ0n) is 12.8. The summed E-state index contributed by atoms with van der Waals surface area (Å²) in [5, 5.41) is 22.1. The predicted molar refractivity (Wildman–Crippen MR) is 90.1 cm³/mol. The monoisotopic (exact) mass is 375 g/mol. The predicted octanol–water partition coefficient (Wildman–Crippen LogP) is 2.25. The standard InChI is InChI=1S/C14H9N5O6S/c20-18(21)9-1-3-10(4-2-9)26(24,25)17-12-6-5-11-13(14(12)19(22)23)16-8-7-15-11/h1-8,17H. The Hall–Kier alpha value is -3.67. The Balaban J connectivity index is 2.06. The van der Waals surface area contributed by atoms with Crippen LogP contribution in [0.2, 0.25) is 0 Å². The van der Waals surface area contributed by atoms with Crippen molar-refractivity contribution in [1.82, 2.24) is 9.97 Å². The summed E-state index contributed by atoms with van der Waals surface area (Å²) in [7, 11) is -4.21. The Morgan fingerprint density at radius 2 is 1.54 bits per heavy atom. The van der Waals surface area contributed by atoms with Crippen LogP contribution in [0.25, 0.3) is 11.0 Å². The quantitative estimate of drug-likeness (QED) is 0.525. The van der Waals surface area contributed by atoms with Crippen molar-refractivity contribution in [2.75, 3.05) is 4.72 Å². The fourth-order valence-corrected chi connectivity index (χ4v) is 3.31. The molecule has 11 nitrogen and oxygen atoms in total. The molecule has 12 heteroatoms. The molecule has 1 aromatic heterocycles. The van der Waals surface area contributed by atoms with E-state index in [9.17, 15) is 28.6 Å². The molecule has 0 radical (unpaired) electrons. The van der Waals surface area contributed by atoms with Crippen LogP contribution < -0.4 is 4.72 Å². The number of nitrogens with one attached hydrogen (secondary N) is 1. The normalized spacial score (nSPS) is 11.2. The summed E-state index contributed by atoms with van der Waals surface area (Å²) < 4.78 is 27.0. The minimum absolute atomic E-state index is 0.0681. The molecule has 0 aliphatic rings. The number of sulfonamides is 1. The van der Waals surface area contributed by atoms with Crippen LogP contribution in [0.4, 0.5) is 17.1 Å². The zero-order valence-corrected chi connectivity index (χ0v) is 13.6. The molecule has 1 N–H and O–H groups in total. The van der Waals surface area contributed by atoms with Gasteiger partial charge in [-0.15, -0.1) is 0 Å². The van der Waals surface area contributed by atoms with E-state index in [1.54, 1.807) is 0 Å². The summed E-state index contributed by atoms with van der Waals surface area (Å²) in [6.45, 7) is 0. The molecular formula is C14H9N5O6S. The third-order valence-corrected chi connectivity index (χ3v) is 4.78. The van der Waals surface area contributed by atoms with Gasteiger partial charge in [-0.1, -0.05) is 0 Å². The first-order valence-corrected chi connectivity index (χ1v) is 8.43. The first-order valence-electron chi connectivity index (χ1n) is 6.95. The highest BCUT2D eigenvalue weighted by molar-refractivity contribution is 7.92. The van der Waals surface area contributed by atoms with Crippen LogP contribution in [0.15, 0.2) is 53.7 Å². The van der Waals surface area contributed by atoms with Crippen molar-refractivity contribution < 1.29 is 18.3 Å². The second-order valence-electron chi connectivity index (χ2n) is 5.00. The van der Waals surface area contributed by atoms with Crippen molar-refractivity contribution in [3.63, 3.8) is 0 Å². The average molecular weight is 375 g/mol. The topological polar surface area (TPSA) is 158 Å². The third-order valence-electron chi connectivity index (χ3n) is 3.40. The van der Waals surface area contributed by atoms with Crippen molar-refractivity contribution in [3.8, 4) is 0 Å². The molecule has 0 saturated carbocycles. The van der Waals surface area contributed by atoms with Crippen molar-refractivity contribution in [2.24, 2.45) is 0 Å². The van der Waals surface area contributed by atoms with Gasteiger partial charge in [0.25, 0.3) is 15.7 Å². The highest BCUT2D eigenvalue weighted by Crippen LogP contribution is 2.32. The van der Waals surface area contributed by atoms with Gasteiger partial charge in [-0.2, -0.15) is 0 Å². The van der Waals surface area contributed by atoms with Crippen LogP contribution in [0, 0.1) is 20.2 Å². The van der Waals surface area contributed by atoms with E-state index >= 15 is 0 Å². The Labute approximate surface area is 145 Å². The molecule has 0 bridgehead atoms. The highest BCUT2D eigenvalue weighted by atomic mass is 32.2. The molecule has 0 unspecified atom stereocenters. The molecule has 26 heavy (non-hydrogen) atoms. The molecule has 0 saturated heterocycles. The summed E-state index contributed by atoms with van der Waals surface area (Å²) >= 11 is 0. The van der Waals surface area contributed by atoms with Gasteiger partial charge >= 0.3 is 5.69 Å².